The molecule has 140 valence electrons. The first-order valence-corrected chi connectivity index (χ1v) is 9.38. The van der Waals surface area contributed by atoms with Crippen LogP contribution in [0, 0.1) is 0 Å². The third-order valence-electron chi connectivity index (χ3n) is 4.02. The molecule has 1 heterocycles. The minimum absolute atomic E-state index is 0.790. The molecule has 5 heteroatoms. The predicted molar refractivity (Wildman–Crippen MR) is 108 cm³/mol. The summed E-state index contributed by atoms with van der Waals surface area (Å²) in [5.74, 6) is 1.77. The molecule has 1 aromatic carbocycles. The summed E-state index contributed by atoms with van der Waals surface area (Å²) in [5, 5.41) is 6.67. The van der Waals surface area contributed by atoms with E-state index >= 15 is 0 Å². The van der Waals surface area contributed by atoms with E-state index in [0.717, 1.165) is 62.8 Å². The van der Waals surface area contributed by atoms with Crippen LogP contribution in [0.4, 0.5) is 0 Å². The lowest BCUT2D eigenvalue weighted by molar-refractivity contribution is 0.309. The summed E-state index contributed by atoms with van der Waals surface area (Å²) in [7, 11) is 1.79. The van der Waals surface area contributed by atoms with E-state index in [1.165, 1.54) is 5.56 Å². The van der Waals surface area contributed by atoms with E-state index < -0.39 is 0 Å². The van der Waals surface area contributed by atoms with Crippen molar-refractivity contribution in [1.82, 2.24) is 15.6 Å². The third-order valence-corrected chi connectivity index (χ3v) is 4.02. The monoisotopic (exact) mass is 354 g/mol. The van der Waals surface area contributed by atoms with Gasteiger partial charge < -0.3 is 15.4 Å². The van der Waals surface area contributed by atoms with Crippen molar-refractivity contribution in [1.29, 1.82) is 0 Å². The second kappa shape index (κ2) is 11.9. The van der Waals surface area contributed by atoms with E-state index in [2.05, 4.69) is 39.7 Å². The highest BCUT2D eigenvalue weighted by atomic mass is 16.5. The van der Waals surface area contributed by atoms with Crippen LogP contribution in [0.15, 0.2) is 53.7 Å². The molecule has 0 fully saturated rings. The molecule has 0 aliphatic carbocycles. The molecule has 2 rings (SSSR count). The van der Waals surface area contributed by atoms with Crippen LogP contribution in [0.25, 0.3) is 0 Å². The number of rotatable bonds is 10. The van der Waals surface area contributed by atoms with E-state index in [4.69, 9.17) is 4.74 Å². The van der Waals surface area contributed by atoms with Gasteiger partial charge in [0, 0.05) is 38.4 Å². The van der Waals surface area contributed by atoms with E-state index in [9.17, 15) is 0 Å². The molecule has 0 saturated heterocycles. The van der Waals surface area contributed by atoms with Crippen molar-refractivity contribution >= 4 is 5.96 Å². The second-order valence-electron chi connectivity index (χ2n) is 6.09. The van der Waals surface area contributed by atoms with Crippen molar-refractivity contribution in [2.24, 2.45) is 4.99 Å². The Balaban J connectivity index is 1.65. The van der Waals surface area contributed by atoms with Crippen LogP contribution in [-0.2, 0) is 12.8 Å². The second-order valence-corrected chi connectivity index (χ2v) is 6.09. The molecule has 0 radical (unpaired) electrons. The Morgan fingerprint density at radius 1 is 1.04 bits per heavy atom. The molecular formula is C21H30N4O. The molecule has 2 N–H and O–H groups in total. The van der Waals surface area contributed by atoms with Crippen molar-refractivity contribution < 1.29 is 4.74 Å². The molecule has 0 unspecified atom stereocenters. The van der Waals surface area contributed by atoms with Crippen LogP contribution >= 0.6 is 0 Å². The summed E-state index contributed by atoms with van der Waals surface area (Å²) in [6, 6.07) is 14.3. The summed E-state index contributed by atoms with van der Waals surface area (Å²) < 4.78 is 5.69. The summed E-state index contributed by atoms with van der Waals surface area (Å²) in [4.78, 5) is 8.58. The zero-order chi connectivity index (χ0) is 18.5. The fourth-order valence-corrected chi connectivity index (χ4v) is 2.49. The van der Waals surface area contributed by atoms with Crippen molar-refractivity contribution in [2.75, 3.05) is 26.7 Å². The number of aliphatic imine (C=N–C) groups is 1. The molecule has 0 bridgehead atoms. The van der Waals surface area contributed by atoms with Gasteiger partial charge in [0.25, 0.3) is 0 Å². The van der Waals surface area contributed by atoms with E-state index in [1.807, 2.05) is 36.5 Å². The van der Waals surface area contributed by atoms with Gasteiger partial charge in [-0.05, 0) is 42.7 Å². The van der Waals surface area contributed by atoms with Crippen LogP contribution in [0.1, 0.15) is 31.0 Å². The van der Waals surface area contributed by atoms with Crippen LogP contribution in [0.2, 0.25) is 0 Å². The van der Waals surface area contributed by atoms with Gasteiger partial charge in [0.15, 0.2) is 5.96 Å². The summed E-state index contributed by atoms with van der Waals surface area (Å²) in [5.41, 5.74) is 2.36. The van der Waals surface area contributed by atoms with Crippen LogP contribution < -0.4 is 15.4 Å². The van der Waals surface area contributed by atoms with Gasteiger partial charge in [-0.1, -0.05) is 31.5 Å². The molecule has 5 nitrogen and oxygen atoms in total. The summed E-state index contributed by atoms with van der Waals surface area (Å²) in [6.45, 7) is 4.60. The minimum Gasteiger partial charge on any atom is -0.494 e. The predicted octanol–water partition coefficient (Wildman–Crippen LogP) is 3.21. The topological polar surface area (TPSA) is 58.5 Å². The Kier molecular flexibility index (Phi) is 9.05. The molecule has 0 spiro atoms. The highest BCUT2D eigenvalue weighted by Crippen LogP contribution is 2.12. The standard InChI is InChI=1S/C21H30N4O/c1-3-4-17-26-20-10-8-18(9-11-20)12-15-24-21(22-2)25-16-13-19-7-5-6-14-23-19/h5-11,14H,3-4,12-13,15-17H2,1-2H3,(H2,22,24,25). The highest BCUT2D eigenvalue weighted by Gasteiger charge is 2.00. The molecule has 1 aromatic heterocycles. The van der Waals surface area contributed by atoms with Crippen molar-refractivity contribution in [2.45, 2.75) is 32.6 Å². The Hall–Kier alpha value is -2.56. The Labute approximate surface area is 156 Å². The third kappa shape index (κ3) is 7.55. The first-order chi connectivity index (χ1) is 12.8. The van der Waals surface area contributed by atoms with E-state index in [0.29, 0.717) is 0 Å². The van der Waals surface area contributed by atoms with Gasteiger partial charge in [-0.15, -0.1) is 0 Å². The minimum atomic E-state index is 0.790. The average molecular weight is 354 g/mol. The molecule has 0 atom stereocenters. The lowest BCUT2D eigenvalue weighted by Crippen LogP contribution is -2.39. The normalized spacial score (nSPS) is 11.2. The van der Waals surface area contributed by atoms with Gasteiger partial charge in [-0.25, -0.2) is 0 Å². The van der Waals surface area contributed by atoms with Gasteiger partial charge in [0.2, 0.25) is 0 Å². The maximum atomic E-state index is 5.69. The number of unbranched alkanes of at least 4 members (excludes halogenated alkanes) is 1. The van der Waals surface area contributed by atoms with E-state index in [-0.39, 0.29) is 0 Å². The first kappa shape index (κ1) is 19.8. The summed E-state index contributed by atoms with van der Waals surface area (Å²) in [6.07, 6.45) is 5.89. The van der Waals surface area contributed by atoms with Crippen molar-refractivity contribution in [3.05, 3.63) is 59.9 Å². The molecule has 0 aliphatic heterocycles. The van der Waals surface area contributed by atoms with Crippen molar-refractivity contribution in [3.63, 3.8) is 0 Å². The number of guanidine groups is 1. The number of nitrogens with zero attached hydrogens (tertiary/aromatic N) is 2. The number of ether oxygens (including phenoxy) is 1. The fraction of sp³-hybridized carbons (Fsp3) is 0.429. The molecule has 26 heavy (non-hydrogen) atoms. The summed E-state index contributed by atoms with van der Waals surface area (Å²) >= 11 is 0. The van der Waals surface area contributed by atoms with Crippen LogP contribution in [0.3, 0.4) is 0 Å². The first-order valence-electron chi connectivity index (χ1n) is 9.38. The SMILES string of the molecule is CCCCOc1ccc(CCNC(=NC)NCCc2ccccn2)cc1. The number of nitrogens with one attached hydrogen (secondary N) is 2. The molecule has 2 aromatic rings. The quantitative estimate of drug-likeness (QED) is 0.391. The van der Waals surface area contributed by atoms with Gasteiger partial charge in [-0.3, -0.25) is 9.98 Å². The zero-order valence-electron chi connectivity index (χ0n) is 15.9. The zero-order valence-corrected chi connectivity index (χ0v) is 15.9. The Morgan fingerprint density at radius 3 is 2.46 bits per heavy atom. The van der Waals surface area contributed by atoms with E-state index in [1.54, 1.807) is 7.05 Å². The van der Waals surface area contributed by atoms with Gasteiger partial charge >= 0.3 is 0 Å². The molecular weight excluding hydrogens is 324 g/mol. The molecule has 0 amide bonds. The van der Waals surface area contributed by atoms with Crippen molar-refractivity contribution in [3.8, 4) is 5.75 Å². The molecule has 0 saturated carbocycles. The number of pyridine rings is 1. The highest BCUT2D eigenvalue weighted by molar-refractivity contribution is 5.79. The number of hydrogen-bond acceptors (Lipinski definition) is 3. The fourth-order valence-electron chi connectivity index (χ4n) is 2.49. The smallest absolute Gasteiger partial charge is 0.190 e. The lowest BCUT2D eigenvalue weighted by atomic mass is 10.1. The van der Waals surface area contributed by atoms with Gasteiger partial charge in [0.05, 0.1) is 6.61 Å². The maximum Gasteiger partial charge on any atom is 0.190 e. The van der Waals surface area contributed by atoms with Crippen LogP contribution in [-0.4, -0.2) is 37.7 Å². The Morgan fingerprint density at radius 2 is 1.81 bits per heavy atom. The number of benzene rings is 1. The molecule has 0 aliphatic rings. The van der Waals surface area contributed by atoms with Gasteiger partial charge in [-0.2, -0.15) is 0 Å². The average Bonchev–Trinajstić information content (AvgIpc) is 2.69. The van der Waals surface area contributed by atoms with Gasteiger partial charge in [0.1, 0.15) is 5.75 Å². The van der Waals surface area contributed by atoms with Crippen LogP contribution in [0.5, 0.6) is 5.75 Å². The largest absolute Gasteiger partial charge is 0.494 e. The number of aromatic nitrogens is 1. The lowest BCUT2D eigenvalue weighted by Gasteiger charge is -2.12. The Bertz CT molecular complexity index is 641. The number of hydrogen-bond donors (Lipinski definition) is 2. The maximum absolute atomic E-state index is 5.69.